The monoisotopic (exact) mass is 344 g/mol. The number of amides is 1. The molecule has 3 rings (SSSR count). The fourth-order valence-electron chi connectivity index (χ4n) is 3.47. The van der Waals surface area contributed by atoms with Crippen LogP contribution >= 0.6 is 0 Å². The lowest BCUT2D eigenvalue weighted by atomic mass is 9.78. The molecule has 0 radical (unpaired) electrons. The molecule has 2 unspecified atom stereocenters. The van der Waals surface area contributed by atoms with Gasteiger partial charge in [0.1, 0.15) is 19.1 Å². The van der Waals surface area contributed by atoms with E-state index in [4.69, 9.17) is 9.47 Å². The molecule has 2 aliphatic rings. The Balaban J connectivity index is 2.15. The van der Waals surface area contributed by atoms with Crippen LogP contribution in [0.2, 0.25) is 0 Å². The lowest BCUT2D eigenvalue weighted by Crippen LogP contribution is -2.37. The van der Waals surface area contributed by atoms with Crippen LogP contribution in [0.15, 0.2) is 34.6 Å². The molecule has 2 aliphatic heterocycles. The highest BCUT2D eigenvalue weighted by atomic mass is 16.6. The average molecular weight is 344 g/mol. The third-order valence-electron chi connectivity index (χ3n) is 4.52. The van der Waals surface area contributed by atoms with Crippen LogP contribution in [0.1, 0.15) is 25.3 Å². The van der Waals surface area contributed by atoms with Crippen molar-refractivity contribution in [1.82, 2.24) is 4.90 Å². The Kier molecular flexibility index (Phi) is 4.48. The Hall–Kier alpha value is -2.83. The van der Waals surface area contributed by atoms with E-state index >= 15 is 0 Å². The molecule has 0 bridgehead atoms. The van der Waals surface area contributed by atoms with Gasteiger partial charge in [0.05, 0.1) is 11.4 Å². The van der Waals surface area contributed by atoms with Crippen molar-refractivity contribution in [3.05, 3.63) is 35.2 Å². The van der Waals surface area contributed by atoms with Gasteiger partial charge >= 0.3 is 5.97 Å². The Labute approximate surface area is 145 Å². The maximum atomic E-state index is 11.9. The lowest BCUT2D eigenvalue weighted by molar-refractivity contribution is -0.140. The standard InChI is InChI=1S/C18H20N2O5/c1-10-15(18(22)23)16(17(11(2)19-10)20(3)9-21)12-4-5-13-14(8-12)25-7-6-24-13/h4-5,8-9,15-16H,6-7H2,1-3H3,(H,22,23). The van der Waals surface area contributed by atoms with E-state index in [0.29, 0.717) is 48.2 Å². The van der Waals surface area contributed by atoms with Gasteiger partial charge in [0, 0.05) is 18.7 Å². The first kappa shape index (κ1) is 17.0. The third kappa shape index (κ3) is 2.97. The molecule has 1 aromatic rings. The Morgan fingerprint density at radius 1 is 1.28 bits per heavy atom. The Bertz CT molecular complexity index is 784. The van der Waals surface area contributed by atoms with Crippen LogP contribution in [-0.2, 0) is 9.59 Å². The second kappa shape index (κ2) is 6.58. The number of likely N-dealkylation sites (N-methyl/N-ethyl adjacent to an activating group) is 1. The molecule has 25 heavy (non-hydrogen) atoms. The molecular weight excluding hydrogens is 324 g/mol. The molecule has 1 aromatic carbocycles. The maximum absolute atomic E-state index is 11.9. The summed E-state index contributed by atoms with van der Waals surface area (Å²) in [5.74, 6) is -1.16. The van der Waals surface area contributed by atoms with E-state index in [9.17, 15) is 14.7 Å². The fraction of sp³-hybridized carbons (Fsp3) is 0.389. The summed E-state index contributed by atoms with van der Waals surface area (Å²) in [4.78, 5) is 29.1. The number of carbonyl (C=O) groups excluding carboxylic acids is 1. The molecule has 7 nitrogen and oxygen atoms in total. The summed E-state index contributed by atoms with van der Waals surface area (Å²) in [5.41, 5.74) is 2.45. The number of benzene rings is 1. The summed E-state index contributed by atoms with van der Waals surface area (Å²) >= 11 is 0. The largest absolute Gasteiger partial charge is 0.486 e. The van der Waals surface area contributed by atoms with Crippen molar-refractivity contribution in [2.45, 2.75) is 19.8 Å². The van der Waals surface area contributed by atoms with Gasteiger partial charge in [-0.2, -0.15) is 0 Å². The van der Waals surface area contributed by atoms with Crippen LogP contribution in [0.3, 0.4) is 0 Å². The van der Waals surface area contributed by atoms with Crippen LogP contribution in [0.5, 0.6) is 11.5 Å². The molecule has 0 aromatic heterocycles. The number of hydrogen-bond acceptors (Lipinski definition) is 5. The number of hydrogen-bond donors (Lipinski definition) is 1. The molecule has 2 heterocycles. The number of rotatable bonds is 4. The zero-order chi connectivity index (χ0) is 18.1. The number of ether oxygens (including phenoxy) is 2. The molecule has 0 aliphatic carbocycles. The lowest BCUT2D eigenvalue weighted by Gasteiger charge is -2.34. The average Bonchev–Trinajstić information content (AvgIpc) is 2.59. The van der Waals surface area contributed by atoms with Crippen molar-refractivity contribution in [3.63, 3.8) is 0 Å². The van der Waals surface area contributed by atoms with Gasteiger partial charge in [-0.05, 0) is 31.5 Å². The first-order valence-corrected chi connectivity index (χ1v) is 8.00. The van der Waals surface area contributed by atoms with Crippen molar-refractivity contribution in [3.8, 4) is 11.5 Å². The van der Waals surface area contributed by atoms with Gasteiger partial charge in [-0.15, -0.1) is 0 Å². The maximum Gasteiger partial charge on any atom is 0.313 e. The van der Waals surface area contributed by atoms with Crippen LogP contribution in [-0.4, -0.2) is 48.4 Å². The minimum atomic E-state index is -0.981. The zero-order valence-corrected chi connectivity index (χ0v) is 14.4. The van der Waals surface area contributed by atoms with E-state index in [1.807, 2.05) is 6.07 Å². The normalized spacial score (nSPS) is 22.3. The van der Waals surface area contributed by atoms with Gasteiger partial charge in [-0.3, -0.25) is 14.6 Å². The summed E-state index contributed by atoms with van der Waals surface area (Å²) in [6.45, 7) is 4.41. The van der Waals surface area contributed by atoms with Gasteiger partial charge in [0.2, 0.25) is 6.41 Å². The first-order chi connectivity index (χ1) is 11.9. The quantitative estimate of drug-likeness (QED) is 0.845. The number of aliphatic imine (C=N–C) groups is 1. The van der Waals surface area contributed by atoms with E-state index in [2.05, 4.69) is 4.99 Å². The van der Waals surface area contributed by atoms with E-state index in [1.165, 1.54) is 4.90 Å². The predicted molar refractivity (Wildman–Crippen MR) is 90.9 cm³/mol. The molecule has 2 atom stereocenters. The summed E-state index contributed by atoms with van der Waals surface area (Å²) in [6, 6.07) is 5.38. The Morgan fingerprint density at radius 2 is 1.96 bits per heavy atom. The molecule has 1 amide bonds. The van der Waals surface area contributed by atoms with E-state index < -0.39 is 17.8 Å². The molecule has 0 spiro atoms. The first-order valence-electron chi connectivity index (χ1n) is 8.00. The van der Waals surface area contributed by atoms with E-state index in [-0.39, 0.29) is 0 Å². The van der Waals surface area contributed by atoms with Crippen molar-refractivity contribution in [2.75, 3.05) is 20.3 Å². The topological polar surface area (TPSA) is 88.4 Å². The molecular formula is C18H20N2O5. The summed E-state index contributed by atoms with van der Waals surface area (Å²) in [5, 5.41) is 9.77. The van der Waals surface area contributed by atoms with Crippen molar-refractivity contribution >= 4 is 18.1 Å². The van der Waals surface area contributed by atoms with Gasteiger partial charge in [0.25, 0.3) is 0 Å². The molecule has 0 fully saturated rings. The fourth-order valence-corrected chi connectivity index (χ4v) is 3.47. The summed E-state index contributed by atoms with van der Waals surface area (Å²) < 4.78 is 11.2. The van der Waals surface area contributed by atoms with Gasteiger partial charge in [-0.1, -0.05) is 6.07 Å². The molecule has 1 N–H and O–H groups in total. The number of carbonyl (C=O) groups is 2. The minimum Gasteiger partial charge on any atom is -0.486 e. The van der Waals surface area contributed by atoms with Crippen molar-refractivity contribution in [2.24, 2.45) is 10.9 Å². The number of fused-ring (bicyclic) bond motifs is 1. The second-order valence-corrected chi connectivity index (χ2v) is 6.14. The van der Waals surface area contributed by atoms with Gasteiger partial charge in [0.15, 0.2) is 11.5 Å². The van der Waals surface area contributed by atoms with Crippen molar-refractivity contribution < 1.29 is 24.2 Å². The number of nitrogens with zero attached hydrogens (tertiary/aromatic N) is 2. The number of carboxylic acid groups (broad SMARTS) is 1. The molecule has 0 saturated heterocycles. The van der Waals surface area contributed by atoms with Gasteiger partial charge < -0.3 is 19.5 Å². The molecule has 0 saturated carbocycles. The number of aliphatic carboxylic acids is 1. The smallest absolute Gasteiger partial charge is 0.313 e. The van der Waals surface area contributed by atoms with Crippen molar-refractivity contribution in [1.29, 1.82) is 0 Å². The highest BCUT2D eigenvalue weighted by Crippen LogP contribution is 2.42. The molecule has 132 valence electrons. The van der Waals surface area contributed by atoms with Crippen LogP contribution < -0.4 is 9.47 Å². The predicted octanol–water partition coefficient (Wildman–Crippen LogP) is 2.04. The van der Waals surface area contributed by atoms with E-state index in [1.54, 1.807) is 33.0 Å². The SMILES string of the molecule is CC1=NC(C)=C(N(C)C=O)C(c2ccc3c(c2)OCCO3)C1C(=O)O. The summed E-state index contributed by atoms with van der Waals surface area (Å²) in [6.07, 6.45) is 0.666. The van der Waals surface area contributed by atoms with Crippen LogP contribution in [0, 0.1) is 5.92 Å². The summed E-state index contributed by atoms with van der Waals surface area (Å²) in [7, 11) is 1.60. The Morgan fingerprint density at radius 3 is 2.60 bits per heavy atom. The van der Waals surface area contributed by atoms with E-state index in [0.717, 1.165) is 5.56 Å². The highest BCUT2D eigenvalue weighted by molar-refractivity contribution is 6.03. The number of carboxylic acids is 1. The number of allylic oxidation sites excluding steroid dienone is 2. The minimum absolute atomic E-state index is 0.444. The van der Waals surface area contributed by atoms with Gasteiger partial charge in [-0.25, -0.2) is 0 Å². The highest BCUT2D eigenvalue weighted by Gasteiger charge is 2.40. The third-order valence-corrected chi connectivity index (χ3v) is 4.52. The molecule has 7 heteroatoms. The van der Waals surface area contributed by atoms with Crippen LogP contribution in [0.25, 0.3) is 0 Å². The van der Waals surface area contributed by atoms with Crippen LogP contribution in [0.4, 0.5) is 0 Å². The second-order valence-electron chi connectivity index (χ2n) is 6.14. The zero-order valence-electron chi connectivity index (χ0n) is 14.4.